The van der Waals surface area contributed by atoms with Gasteiger partial charge in [-0.15, -0.1) is 0 Å². The summed E-state index contributed by atoms with van der Waals surface area (Å²) in [7, 11) is 0. The van der Waals surface area contributed by atoms with Gasteiger partial charge in [0.2, 0.25) is 0 Å². The highest BCUT2D eigenvalue weighted by Crippen LogP contribution is 2.22. The molecule has 0 fully saturated rings. The average Bonchev–Trinajstić information content (AvgIpc) is 2.83. The summed E-state index contributed by atoms with van der Waals surface area (Å²) in [4.78, 5) is 4.00. The Bertz CT molecular complexity index is 750. The molecule has 0 saturated carbocycles. The zero-order valence-corrected chi connectivity index (χ0v) is 12.6. The first kappa shape index (κ1) is 13.8. The summed E-state index contributed by atoms with van der Waals surface area (Å²) in [6.07, 6.45) is 2.91. The number of nitrogens with two attached hydrogens (primary N) is 1. The topological polar surface area (TPSA) is 56.7 Å². The minimum atomic E-state index is -0.383. The van der Waals surface area contributed by atoms with Gasteiger partial charge in [0.25, 0.3) is 0 Å². The summed E-state index contributed by atoms with van der Waals surface area (Å²) in [5, 5.41) is 4.42. The molecule has 0 radical (unpaired) electrons. The molecular formula is C15H12BrFN4. The van der Waals surface area contributed by atoms with Crippen LogP contribution in [0.2, 0.25) is 0 Å². The fraction of sp³-hybridized carbons (Fsp3) is 0.0667. The maximum Gasteiger partial charge on any atom is 0.141 e. The zero-order chi connectivity index (χ0) is 14.8. The number of pyridine rings is 1. The van der Waals surface area contributed by atoms with Gasteiger partial charge in [-0.25, -0.2) is 4.39 Å². The Balaban J connectivity index is 1.87. The second-order valence-corrected chi connectivity index (χ2v) is 5.53. The number of aromatic nitrogens is 3. The summed E-state index contributed by atoms with van der Waals surface area (Å²) >= 11 is 3.40. The second kappa shape index (κ2) is 5.65. The predicted octanol–water partition coefficient (Wildman–Crippen LogP) is 3.48. The van der Waals surface area contributed by atoms with E-state index in [9.17, 15) is 4.39 Å². The first-order chi connectivity index (χ1) is 10.1. The highest BCUT2D eigenvalue weighted by atomic mass is 79.9. The molecule has 4 nitrogen and oxygen atoms in total. The van der Waals surface area contributed by atoms with Crippen LogP contribution in [0.25, 0.3) is 11.4 Å². The van der Waals surface area contributed by atoms with Crippen molar-refractivity contribution >= 4 is 21.6 Å². The molecule has 6 heteroatoms. The summed E-state index contributed by atoms with van der Waals surface area (Å²) in [5.41, 5.74) is 8.72. The van der Waals surface area contributed by atoms with E-state index in [1.165, 1.54) is 6.07 Å². The lowest BCUT2D eigenvalue weighted by molar-refractivity contribution is 0.621. The number of hydrogen-bond acceptors (Lipinski definition) is 3. The fourth-order valence-corrected chi connectivity index (χ4v) is 2.27. The number of benzene rings is 1. The summed E-state index contributed by atoms with van der Waals surface area (Å²) in [6, 6.07) is 10.9. The maximum atomic E-state index is 12.9. The molecule has 0 spiro atoms. The van der Waals surface area contributed by atoms with Crippen LogP contribution in [-0.4, -0.2) is 14.8 Å². The standard InChI is InChI=1S/C15H12BrFN4/c16-11-3-1-10(2-4-11)8-21-9-13(18)15(20-21)14-6-5-12(17)7-19-14/h1-7,9H,8,18H2. The quantitative estimate of drug-likeness (QED) is 0.789. The van der Waals surface area contributed by atoms with Gasteiger partial charge < -0.3 is 5.73 Å². The molecule has 0 unspecified atom stereocenters. The molecule has 0 aliphatic heterocycles. The smallest absolute Gasteiger partial charge is 0.141 e. The van der Waals surface area contributed by atoms with Crippen LogP contribution in [0.5, 0.6) is 0 Å². The lowest BCUT2D eigenvalue weighted by Crippen LogP contribution is -2.00. The first-order valence-electron chi connectivity index (χ1n) is 6.31. The van der Waals surface area contributed by atoms with Gasteiger partial charge in [-0.3, -0.25) is 9.67 Å². The van der Waals surface area contributed by atoms with E-state index in [0.29, 0.717) is 23.6 Å². The lowest BCUT2D eigenvalue weighted by Gasteiger charge is -2.02. The minimum absolute atomic E-state index is 0.383. The highest BCUT2D eigenvalue weighted by molar-refractivity contribution is 9.10. The number of halogens is 2. The van der Waals surface area contributed by atoms with Gasteiger partial charge in [0.05, 0.1) is 24.1 Å². The SMILES string of the molecule is Nc1cn(Cc2ccc(Br)cc2)nc1-c1ccc(F)cn1. The van der Waals surface area contributed by atoms with Crippen LogP contribution in [0.15, 0.2) is 53.3 Å². The monoisotopic (exact) mass is 346 g/mol. The third-order valence-electron chi connectivity index (χ3n) is 3.02. The molecule has 1 aromatic carbocycles. The second-order valence-electron chi connectivity index (χ2n) is 4.62. The minimum Gasteiger partial charge on any atom is -0.396 e. The van der Waals surface area contributed by atoms with Gasteiger partial charge in [0.1, 0.15) is 11.5 Å². The van der Waals surface area contributed by atoms with Crippen LogP contribution in [-0.2, 0) is 6.54 Å². The Morgan fingerprint density at radius 2 is 1.90 bits per heavy atom. The van der Waals surface area contributed by atoms with Crippen LogP contribution in [0.4, 0.5) is 10.1 Å². The lowest BCUT2D eigenvalue weighted by atomic mass is 10.2. The number of rotatable bonds is 3. The molecule has 21 heavy (non-hydrogen) atoms. The first-order valence-corrected chi connectivity index (χ1v) is 7.10. The van der Waals surface area contributed by atoms with Gasteiger partial charge in [-0.1, -0.05) is 28.1 Å². The van der Waals surface area contributed by atoms with Crippen molar-refractivity contribution in [3.63, 3.8) is 0 Å². The largest absolute Gasteiger partial charge is 0.396 e. The third-order valence-corrected chi connectivity index (χ3v) is 3.55. The summed E-state index contributed by atoms with van der Waals surface area (Å²) in [5.74, 6) is -0.383. The van der Waals surface area contributed by atoms with Crippen molar-refractivity contribution in [3.8, 4) is 11.4 Å². The highest BCUT2D eigenvalue weighted by Gasteiger charge is 2.10. The van der Waals surface area contributed by atoms with Crippen molar-refractivity contribution < 1.29 is 4.39 Å². The summed E-state index contributed by atoms with van der Waals surface area (Å²) in [6.45, 7) is 0.610. The molecule has 106 valence electrons. The van der Waals surface area contributed by atoms with E-state index in [1.54, 1.807) is 16.9 Å². The van der Waals surface area contributed by atoms with Crippen molar-refractivity contribution in [2.24, 2.45) is 0 Å². The van der Waals surface area contributed by atoms with Crippen molar-refractivity contribution in [2.75, 3.05) is 5.73 Å². The molecule has 2 aromatic heterocycles. The Morgan fingerprint density at radius 1 is 1.14 bits per heavy atom. The average molecular weight is 347 g/mol. The summed E-state index contributed by atoms with van der Waals surface area (Å²) < 4.78 is 15.7. The van der Waals surface area contributed by atoms with E-state index in [-0.39, 0.29) is 5.82 Å². The number of hydrogen-bond donors (Lipinski definition) is 1. The number of nitrogen functional groups attached to an aromatic ring is 1. The normalized spacial score (nSPS) is 10.8. The van der Waals surface area contributed by atoms with Crippen molar-refractivity contribution in [2.45, 2.75) is 6.54 Å². The molecule has 0 aliphatic carbocycles. The van der Waals surface area contributed by atoms with E-state index in [1.807, 2.05) is 24.3 Å². The van der Waals surface area contributed by atoms with Crippen LogP contribution in [0, 0.1) is 5.82 Å². The Labute approximate surface area is 129 Å². The van der Waals surface area contributed by atoms with Crippen LogP contribution in [0.3, 0.4) is 0 Å². The van der Waals surface area contributed by atoms with Gasteiger partial charge >= 0.3 is 0 Å². The van der Waals surface area contributed by atoms with Crippen LogP contribution < -0.4 is 5.73 Å². The Morgan fingerprint density at radius 3 is 2.57 bits per heavy atom. The molecular weight excluding hydrogens is 335 g/mol. The molecule has 2 N–H and O–H groups in total. The van der Waals surface area contributed by atoms with Crippen molar-refractivity contribution in [1.82, 2.24) is 14.8 Å². The molecule has 0 atom stereocenters. The van der Waals surface area contributed by atoms with Gasteiger partial charge in [0, 0.05) is 10.7 Å². The van der Waals surface area contributed by atoms with Gasteiger partial charge in [0.15, 0.2) is 0 Å². The van der Waals surface area contributed by atoms with E-state index in [0.717, 1.165) is 16.2 Å². The van der Waals surface area contributed by atoms with Crippen molar-refractivity contribution in [1.29, 1.82) is 0 Å². The van der Waals surface area contributed by atoms with Crippen molar-refractivity contribution in [3.05, 3.63) is 64.6 Å². The van der Waals surface area contributed by atoms with E-state index >= 15 is 0 Å². The number of nitrogens with zero attached hydrogens (tertiary/aromatic N) is 3. The molecule has 0 bridgehead atoms. The van der Waals surface area contributed by atoms with Crippen LogP contribution >= 0.6 is 15.9 Å². The molecule has 3 rings (SSSR count). The molecule has 2 heterocycles. The van der Waals surface area contributed by atoms with E-state index < -0.39 is 0 Å². The Hall–Kier alpha value is -2.21. The van der Waals surface area contributed by atoms with E-state index in [4.69, 9.17) is 5.73 Å². The molecule has 0 amide bonds. The molecule has 0 saturated heterocycles. The predicted molar refractivity (Wildman–Crippen MR) is 83.1 cm³/mol. The van der Waals surface area contributed by atoms with Gasteiger partial charge in [-0.05, 0) is 29.8 Å². The van der Waals surface area contributed by atoms with Crippen LogP contribution in [0.1, 0.15) is 5.56 Å². The molecule has 0 aliphatic rings. The van der Waals surface area contributed by atoms with Gasteiger partial charge in [-0.2, -0.15) is 5.10 Å². The Kier molecular flexibility index (Phi) is 3.70. The fourth-order valence-electron chi connectivity index (χ4n) is 2.01. The maximum absolute atomic E-state index is 12.9. The third kappa shape index (κ3) is 3.11. The number of anilines is 1. The molecule has 3 aromatic rings. The van der Waals surface area contributed by atoms with E-state index in [2.05, 4.69) is 26.0 Å². The zero-order valence-electron chi connectivity index (χ0n) is 11.0.